The van der Waals surface area contributed by atoms with Crippen LogP contribution in [0.5, 0.6) is 0 Å². The van der Waals surface area contributed by atoms with Gasteiger partial charge in [-0.3, -0.25) is 4.79 Å². The smallest absolute Gasteiger partial charge is 0.222 e. The van der Waals surface area contributed by atoms with E-state index in [1.807, 2.05) is 30.1 Å². The normalized spacial score (nSPS) is 17.8. The van der Waals surface area contributed by atoms with Crippen molar-refractivity contribution < 1.29 is 4.79 Å². The summed E-state index contributed by atoms with van der Waals surface area (Å²) in [6, 6.07) is 10.5. The first kappa shape index (κ1) is 11.1. The fraction of sp³-hybridized carbons (Fsp3) is 0.462. The fourth-order valence-corrected chi connectivity index (χ4v) is 2.17. The Morgan fingerprint density at radius 3 is 2.69 bits per heavy atom. The first-order chi connectivity index (χ1) is 7.81. The molecule has 2 rings (SSSR count). The summed E-state index contributed by atoms with van der Waals surface area (Å²) >= 11 is 0. The maximum absolute atomic E-state index is 11.6. The molecule has 0 bridgehead atoms. The zero-order chi connectivity index (χ0) is 11.4. The highest BCUT2D eigenvalue weighted by molar-refractivity contribution is 5.78. The van der Waals surface area contributed by atoms with Crippen LogP contribution in [0.25, 0.3) is 0 Å². The lowest BCUT2D eigenvalue weighted by molar-refractivity contribution is -0.128. The maximum Gasteiger partial charge on any atom is 0.222 e. The van der Waals surface area contributed by atoms with Crippen LogP contribution < -0.4 is 5.32 Å². The van der Waals surface area contributed by atoms with Crippen LogP contribution in [0.15, 0.2) is 30.3 Å². The van der Waals surface area contributed by atoms with Gasteiger partial charge in [0.2, 0.25) is 5.91 Å². The van der Waals surface area contributed by atoms with Gasteiger partial charge in [-0.15, -0.1) is 0 Å². The highest BCUT2D eigenvalue weighted by Crippen LogP contribution is 2.17. The Kier molecular flexibility index (Phi) is 3.57. The van der Waals surface area contributed by atoms with Crippen molar-refractivity contribution in [3.63, 3.8) is 0 Å². The number of nitrogens with zero attached hydrogens (tertiary/aromatic N) is 1. The van der Waals surface area contributed by atoms with Crippen LogP contribution in [-0.2, 0) is 4.79 Å². The maximum atomic E-state index is 11.6. The van der Waals surface area contributed by atoms with Gasteiger partial charge in [-0.1, -0.05) is 30.3 Å². The van der Waals surface area contributed by atoms with Gasteiger partial charge in [-0.2, -0.15) is 0 Å². The third kappa shape index (κ3) is 2.42. The number of nitrogens with one attached hydrogen (secondary N) is 1. The summed E-state index contributed by atoms with van der Waals surface area (Å²) in [5.41, 5.74) is 1.24. The molecule has 3 heteroatoms. The molecule has 0 spiro atoms. The number of hydrogen-bond acceptors (Lipinski definition) is 2. The van der Waals surface area contributed by atoms with E-state index in [9.17, 15) is 4.79 Å². The van der Waals surface area contributed by atoms with Crippen molar-refractivity contribution in [2.24, 2.45) is 0 Å². The summed E-state index contributed by atoms with van der Waals surface area (Å²) in [4.78, 5) is 13.5. The van der Waals surface area contributed by atoms with Crippen LogP contribution >= 0.6 is 0 Å². The van der Waals surface area contributed by atoms with Gasteiger partial charge < -0.3 is 10.2 Å². The predicted octanol–water partition coefficient (Wildman–Crippen LogP) is 1.57. The van der Waals surface area contributed by atoms with Crippen molar-refractivity contribution in [2.75, 3.05) is 20.1 Å². The lowest BCUT2D eigenvalue weighted by atomic mass is 10.1. The highest BCUT2D eigenvalue weighted by atomic mass is 16.2. The van der Waals surface area contributed by atoms with Gasteiger partial charge in [0.15, 0.2) is 0 Å². The van der Waals surface area contributed by atoms with E-state index < -0.39 is 0 Å². The fourth-order valence-electron chi connectivity index (χ4n) is 2.17. The van der Waals surface area contributed by atoms with Gasteiger partial charge in [-0.05, 0) is 19.0 Å². The molecular weight excluding hydrogens is 200 g/mol. The third-order valence-corrected chi connectivity index (χ3v) is 3.12. The Morgan fingerprint density at radius 1 is 1.38 bits per heavy atom. The second-order valence-electron chi connectivity index (χ2n) is 4.20. The largest absolute Gasteiger partial charge is 0.341 e. The molecule has 1 aliphatic rings. The zero-order valence-electron chi connectivity index (χ0n) is 9.65. The third-order valence-electron chi connectivity index (χ3n) is 3.12. The first-order valence-electron chi connectivity index (χ1n) is 5.81. The molecule has 1 aromatic carbocycles. The zero-order valence-corrected chi connectivity index (χ0v) is 9.65. The number of benzene rings is 1. The minimum atomic E-state index is 0.239. The van der Waals surface area contributed by atoms with Crippen LogP contribution in [0, 0.1) is 0 Å². The molecule has 0 radical (unpaired) electrons. The number of amides is 1. The minimum absolute atomic E-state index is 0.239. The summed E-state index contributed by atoms with van der Waals surface area (Å²) < 4.78 is 0. The first-order valence-corrected chi connectivity index (χ1v) is 5.81. The summed E-state index contributed by atoms with van der Waals surface area (Å²) in [5.74, 6) is 0.288. The molecule has 1 heterocycles. The van der Waals surface area contributed by atoms with Crippen LogP contribution in [0.2, 0.25) is 0 Å². The van der Waals surface area contributed by atoms with Crippen LogP contribution in [0.1, 0.15) is 24.4 Å². The Hall–Kier alpha value is -1.35. The van der Waals surface area contributed by atoms with E-state index in [4.69, 9.17) is 0 Å². The number of likely N-dealkylation sites (tertiary alicyclic amines) is 1. The number of rotatable bonds is 4. The Morgan fingerprint density at radius 2 is 2.12 bits per heavy atom. The van der Waals surface area contributed by atoms with E-state index in [-0.39, 0.29) is 11.9 Å². The summed E-state index contributed by atoms with van der Waals surface area (Å²) in [5, 5.41) is 3.27. The minimum Gasteiger partial charge on any atom is -0.341 e. The summed E-state index contributed by atoms with van der Waals surface area (Å²) in [7, 11) is 1.94. The van der Waals surface area contributed by atoms with E-state index in [0.29, 0.717) is 6.42 Å². The molecule has 1 unspecified atom stereocenters. The topological polar surface area (TPSA) is 32.3 Å². The molecule has 0 aromatic heterocycles. The SMILES string of the molecule is CNC(CN1CCCC1=O)c1ccccc1. The highest BCUT2D eigenvalue weighted by Gasteiger charge is 2.23. The van der Waals surface area contributed by atoms with Crippen LogP contribution in [-0.4, -0.2) is 30.9 Å². The molecule has 1 saturated heterocycles. The second kappa shape index (κ2) is 5.12. The van der Waals surface area contributed by atoms with E-state index in [1.54, 1.807) is 0 Å². The van der Waals surface area contributed by atoms with Gasteiger partial charge in [0.1, 0.15) is 0 Å². The lowest BCUT2D eigenvalue weighted by Gasteiger charge is -2.23. The van der Waals surface area contributed by atoms with Crippen molar-refractivity contribution in [3.05, 3.63) is 35.9 Å². The molecule has 86 valence electrons. The Balaban J connectivity index is 2.03. The van der Waals surface area contributed by atoms with Crippen LogP contribution in [0.3, 0.4) is 0 Å². The van der Waals surface area contributed by atoms with Gasteiger partial charge >= 0.3 is 0 Å². The van der Waals surface area contributed by atoms with E-state index in [1.165, 1.54) is 5.56 Å². The van der Waals surface area contributed by atoms with Crippen molar-refractivity contribution >= 4 is 5.91 Å². The van der Waals surface area contributed by atoms with Gasteiger partial charge in [0.25, 0.3) is 0 Å². The quantitative estimate of drug-likeness (QED) is 0.832. The predicted molar refractivity (Wildman–Crippen MR) is 64.1 cm³/mol. The molecule has 16 heavy (non-hydrogen) atoms. The number of likely N-dealkylation sites (N-methyl/N-ethyl adjacent to an activating group) is 1. The molecule has 1 atom stereocenters. The second-order valence-corrected chi connectivity index (χ2v) is 4.20. The number of carbonyl (C=O) groups is 1. The Bertz CT molecular complexity index is 350. The van der Waals surface area contributed by atoms with Gasteiger partial charge in [0, 0.05) is 25.6 Å². The molecule has 1 amide bonds. The van der Waals surface area contributed by atoms with Crippen molar-refractivity contribution in [3.8, 4) is 0 Å². The molecule has 1 aliphatic heterocycles. The van der Waals surface area contributed by atoms with Crippen molar-refractivity contribution in [1.29, 1.82) is 0 Å². The molecule has 0 saturated carbocycles. The number of carbonyl (C=O) groups excluding carboxylic acids is 1. The Labute approximate surface area is 96.5 Å². The number of hydrogen-bond donors (Lipinski definition) is 1. The summed E-state index contributed by atoms with van der Waals surface area (Å²) in [6.45, 7) is 1.68. The average Bonchev–Trinajstić information content (AvgIpc) is 2.73. The van der Waals surface area contributed by atoms with Gasteiger partial charge in [0.05, 0.1) is 0 Å². The summed E-state index contributed by atoms with van der Waals surface area (Å²) in [6.07, 6.45) is 1.72. The monoisotopic (exact) mass is 218 g/mol. The molecule has 1 aromatic rings. The van der Waals surface area contributed by atoms with Crippen molar-refractivity contribution in [1.82, 2.24) is 10.2 Å². The molecule has 1 fully saturated rings. The standard InChI is InChI=1S/C13H18N2O/c1-14-12(11-6-3-2-4-7-11)10-15-9-5-8-13(15)16/h2-4,6-7,12,14H,5,8-10H2,1H3. The molecule has 1 N–H and O–H groups in total. The lowest BCUT2D eigenvalue weighted by Crippen LogP contribution is -2.34. The van der Waals surface area contributed by atoms with E-state index in [2.05, 4.69) is 17.4 Å². The van der Waals surface area contributed by atoms with Crippen molar-refractivity contribution in [2.45, 2.75) is 18.9 Å². The molecular formula is C13H18N2O. The van der Waals surface area contributed by atoms with E-state index >= 15 is 0 Å². The van der Waals surface area contributed by atoms with Gasteiger partial charge in [-0.25, -0.2) is 0 Å². The molecule has 3 nitrogen and oxygen atoms in total. The molecule has 0 aliphatic carbocycles. The van der Waals surface area contributed by atoms with Crippen LogP contribution in [0.4, 0.5) is 0 Å². The van der Waals surface area contributed by atoms with E-state index in [0.717, 1.165) is 19.5 Å². The average molecular weight is 218 g/mol.